The molecule has 0 unspecified atom stereocenters. The lowest BCUT2D eigenvalue weighted by Gasteiger charge is -2.28. The Bertz CT molecular complexity index is 531. The summed E-state index contributed by atoms with van der Waals surface area (Å²) in [6, 6.07) is 0. The average Bonchev–Trinajstić information content (AvgIpc) is 2.96. The number of carbonyl (C=O) groups is 1. The summed E-state index contributed by atoms with van der Waals surface area (Å²) in [6.07, 6.45) is 6.79. The lowest BCUT2D eigenvalue weighted by molar-refractivity contribution is -0.122. The molecule has 2 rings (SSSR count). The summed E-state index contributed by atoms with van der Waals surface area (Å²) in [5, 5.41) is 5.84. The van der Waals surface area contributed by atoms with E-state index in [1.807, 2.05) is 5.38 Å². The zero-order valence-electron chi connectivity index (χ0n) is 10.9. The third-order valence-corrected chi connectivity index (χ3v) is 5.30. The number of carbonyl (C=O) groups excluding carboxylic acids is 1. The minimum atomic E-state index is -3.10. The first-order chi connectivity index (χ1) is 8.91. The maximum atomic E-state index is 11.9. The third kappa shape index (κ3) is 3.76. The van der Waals surface area contributed by atoms with Gasteiger partial charge in [-0.1, -0.05) is 12.8 Å². The molecule has 0 spiro atoms. The van der Waals surface area contributed by atoms with Gasteiger partial charge < -0.3 is 5.32 Å². The second kappa shape index (κ2) is 5.58. The van der Waals surface area contributed by atoms with E-state index < -0.39 is 9.84 Å². The first-order valence-corrected chi connectivity index (χ1v) is 9.24. The molecule has 0 atom stereocenters. The van der Waals surface area contributed by atoms with Crippen LogP contribution in [-0.2, 0) is 20.2 Å². The molecule has 7 heteroatoms. The summed E-state index contributed by atoms with van der Waals surface area (Å²) in [4.78, 5) is 16.3. The molecule has 0 bridgehead atoms. The number of nitrogens with one attached hydrogen (secondary N) is 1. The second-order valence-corrected chi connectivity index (χ2v) is 8.21. The molecule has 1 fully saturated rings. The van der Waals surface area contributed by atoms with Gasteiger partial charge in [0.15, 0.2) is 0 Å². The predicted octanol–water partition coefficient (Wildman–Crippen LogP) is 1.46. The highest BCUT2D eigenvalue weighted by Gasteiger charge is 2.39. The van der Waals surface area contributed by atoms with Crippen LogP contribution in [0.3, 0.4) is 0 Å². The number of amides is 1. The van der Waals surface area contributed by atoms with Gasteiger partial charge >= 0.3 is 0 Å². The SMILES string of the molecule is CS(=O)(=O)CCC(=O)NC1(c2nccs2)CCCC1. The van der Waals surface area contributed by atoms with Gasteiger partial charge in [-0.3, -0.25) is 4.79 Å². The Morgan fingerprint density at radius 1 is 1.47 bits per heavy atom. The number of thiazole rings is 1. The van der Waals surface area contributed by atoms with Crippen LogP contribution in [0.1, 0.15) is 37.1 Å². The monoisotopic (exact) mass is 302 g/mol. The predicted molar refractivity (Wildman–Crippen MR) is 74.7 cm³/mol. The Kier molecular flexibility index (Phi) is 4.25. The van der Waals surface area contributed by atoms with Crippen LogP contribution in [0, 0.1) is 0 Å². The molecule has 5 nitrogen and oxygen atoms in total. The normalized spacial score (nSPS) is 18.4. The van der Waals surface area contributed by atoms with Gasteiger partial charge in [0.1, 0.15) is 14.8 Å². The second-order valence-electron chi connectivity index (χ2n) is 5.05. The molecule has 0 radical (unpaired) electrons. The maximum Gasteiger partial charge on any atom is 0.221 e. The zero-order chi connectivity index (χ0) is 13.9. The minimum absolute atomic E-state index is 0.0198. The summed E-state index contributed by atoms with van der Waals surface area (Å²) in [7, 11) is -3.10. The molecule has 0 aliphatic heterocycles. The summed E-state index contributed by atoms with van der Waals surface area (Å²) in [5.41, 5.74) is -0.372. The van der Waals surface area contributed by atoms with Crippen molar-refractivity contribution in [2.45, 2.75) is 37.6 Å². The molecular formula is C12H18N2O3S2. The number of hydrogen-bond acceptors (Lipinski definition) is 5. The first-order valence-electron chi connectivity index (χ1n) is 6.30. The van der Waals surface area contributed by atoms with Crippen LogP contribution in [0.4, 0.5) is 0 Å². The van der Waals surface area contributed by atoms with E-state index in [2.05, 4.69) is 10.3 Å². The van der Waals surface area contributed by atoms with Gasteiger partial charge in [0.25, 0.3) is 0 Å². The molecule has 1 aliphatic carbocycles. The van der Waals surface area contributed by atoms with E-state index in [1.165, 1.54) is 0 Å². The maximum absolute atomic E-state index is 11.9. The number of hydrogen-bond donors (Lipinski definition) is 1. The Labute approximate surface area is 117 Å². The summed E-state index contributed by atoms with van der Waals surface area (Å²) >= 11 is 1.54. The van der Waals surface area contributed by atoms with Gasteiger partial charge in [-0.05, 0) is 12.8 Å². The molecule has 1 saturated carbocycles. The van der Waals surface area contributed by atoms with Crippen molar-refractivity contribution < 1.29 is 13.2 Å². The topological polar surface area (TPSA) is 76.1 Å². The van der Waals surface area contributed by atoms with Crippen molar-refractivity contribution in [1.82, 2.24) is 10.3 Å². The minimum Gasteiger partial charge on any atom is -0.344 e. The quantitative estimate of drug-likeness (QED) is 0.893. The molecule has 106 valence electrons. The van der Waals surface area contributed by atoms with Crippen LogP contribution in [-0.4, -0.2) is 31.3 Å². The molecule has 0 saturated heterocycles. The van der Waals surface area contributed by atoms with Crippen LogP contribution in [0.15, 0.2) is 11.6 Å². The molecule has 1 amide bonds. The first kappa shape index (κ1) is 14.5. The Morgan fingerprint density at radius 2 is 2.16 bits per heavy atom. The molecule has 1 aromatic rings. The van der Waals surface area contributed by atoms with Gasteiger partial charge in [-0.15, -0.1) is 11.3 Å². The standard InChI is InChI=1S/C12H18N2O3S2/c1-19(16,17)9-4-10(15)14-12(5-2-3-6-12)11-13-7-8-18-11/h7-8H,2-6,9H2,1H3,(H,14,15). The lowest BCUT2D eigenvalue weighted by atomic mass is 9.98. The van der Waals surface area contributed by atoms with Crippen LogP contribution in [0.25, 0.3) is 0 Å². The van der Waals surface area contributed by atoms with E-state index in [0.29, 0.717) is 0 Å². The highest BCUT2D eigenvalue weighted by atomic mass is 32.2. The lowest BCUT2D eigenvalue weighted by Crippen LogP contribution is -2.44. The molecular weight excluding hydrogens is 284 g/mol. The highest BCUT2D eigenvalue weighted by molar-refractivity contribution is 7.90. The highest BCUT2D eigenvalue weighted by Crippen LogP contribution is 2.39. The molecule has 1 aliphatic rings. The summed E-state index contributed by atoms with van der Waals surface area (Å²) in [5.74, 6) is -0.310. The largest absolute Gasteiger partial charge is 0.344 e. The smallest absolute Gasteiger partial charge is 0.221 e. The van der Waals surface area contributed by atoms with Gasteiger partial charge in [0.05, 0.1) is 11.3 Å². The Hall–Kier alpha value is -0.950. The van der Waals surface area contributed by atoms with E-state index in [4.69, 9.17) is 0 Å². The van der Waals surface area contributed by atoms with Crippen LogP contribution < -0.4 is 5.32 Å². The van der Waals surface area contributed by atoms with Crippen molar-refractivity contribution in [3.63, 3.8) is 0 Å². The van der Waals surface area contributed by atoms with Gasteiger partial charge in [0, 0.05) is 24.3 Å². The molecule has 0 aromatic carbocycles. The van der Waals surface area contributed by atoms with Gasteiger partial charge in [-0.25, -0.2) is 13.4 Å². The van der Waals surface area contributed by atoms with Crippen LogP contribution in [0.5, 0.6) is 0 Å². The zero-order valence-corrected chi connectivity index (χ0v) is 12.5. The molecule has 1 heterocycles. The van der Waals surface area contributed by atoms with E-state index >= 15 is 0 Å². The van der Waals surface area contributed by atoms with Crippen LogP contribution in [0.2, 0.25) is 0 Å². The van der Waals surface area contributed by atoms with Crippen molar-refractivity contribution in [2.24, 2.45) is 0 Å². The van der Waals surface area contributed by atoms with E-state index in [0.717, 1.165) is 36.9 Å². The van der Waals surface area contributed by atoms with Crippen molar-refractivity contribution in [2.75, 3.05) is 12.0 Å². The fourth-order valence-electron chi connectivity index (χ4n) is 2.44. The summed E-state index contributed by atoms with van der Waals surface area (Å²) < 4.78 is 22.2. The van der Waals surface area contributed by atoms with Crippen molar-refractivity contribution in [1.29, 1.82) is 0 Å². The van der Waals surface area contributed by atoms with E-state index in [-0.39, 0.29) is 23.6 Å². The fourth-order valence-corrected chi connectivity index (χ4v) is 3.85. The van der Waals surface area contributed by atoms with Crippen LogP contribution >= 0.6 is 11.3 Å². The van der Waals surface area contributed by atoms with E-state index in [1.54, 1.807) is 17.5 Å². The van der Waals surface area contributed by atoms with Crippen molar-refractivity contribution in [3.05, 3.63) is 16.6 Å². The molecule has 19 heavy (non-hydrogen) atoms. The van der Waals surface area contributed by atoms with Gasteiger partial charge in [0.2, 0.25) is 5.91 Å². The van der Waals surface area contributed by atoms with Crippen molar-refractivity contribution in [3.8, 4) is 0 Å². The Balaban J connectivity index is 2.04. The number of sulfone groups is 1. The van der Waals surface area contributed by atoms with Crippen molar-refractivity contribution >= 4 is 27.1 Å². The fraction of sp³-hybridized carbons (Fsp3) is 0.667. The third-order valence-electron chi connectivity index (χ3n) is 3.38. The number of rotatable bonds is 5. The average molecular weight is 302 g/mol. The Morgan fingerprint density at radius 3 is 2.68 bits per heavy atom. The molecule has 1 aromatic heterocycles. The van der Waals surface area contributed by atoms with Gasteiger partial charge in [-0.2, -0.15) is 0 Å². The molecule has 1 N–H and O–H groups in total. The van der Waals surface area contributed by atoms with E-state index in [9.17, 15) is 13.2 Å². The summed E-state index contributed by atoms with van der Waals surface area (Å²) in [6.45, 7) is 0. The number of aromatic nitrogens is 1. The number of nitrogens with zero attached hydrogens (tertiary/aromatic N) is 1.